The van der Waals surface area contributed by atoms with Crippen molar-refractivity contribution >= 4 is 28.9 Å². The number of anilines is 1. The van der Waals surface area contributed by atoms with Crippen LogP contribution in [0, 0.1) is 6.92 Å². The molecule has 30 heavy (non-hydrogen) atoms. The van der Waals surface area contributed by atoms with E-state index in [1.54, 1.807) is 30.3 Å². The zero-order valence-corrected chi connectivity index (χ0v) is 17.8. The molecule has 0 fully saturated rings. The highest BCUT2D eigenvalue weighted by Crippen LogP contribution is 2.23. The van der Waals surface area contributed by atoms with E-state index in [-0.39, 0.29) is 17.4 Å². The molecule has 1 aliphatic rings. The number of carbonyl (C=O) groups is 2. The Balaban J connectivity index is 1.88. The zero-order valence-electron chi connectivity index (χ0n) is 17.8. The second-order valence-corrected chi connectivity index (χ2v) is 7.01. The maximum atomic E-state index is 12.4. The van der Waals surface area contributed by atoms with Crippen molar-refractivity contribution in [3.63, 3.8) is 0 Å². The molecule has 0 spiro atoms. The van der Waals surface area contributed by atoms with Crippen molar-refractivity contribution in [3.05, 3.63) is 77.1 Å². The number of nitrogens with zero attached hydrogens (tertiary/aromatic N) is 3. The first kappa shape index (κ1) is 21.2. The van der Waals surface area contributed by atoms with Gasteiger partial charge in [-0.05, 0) is 69.7 Å². The summed E-state index contributed by atoms with van der Waals surface area (Å²) in [6.07, 6.45) is 3.11. The lowest BCUT2D eigenvalue weighted by atomic mass is 10.0. The van der Waals surface area contributed by atoms with Gasteiger partial charge in [-0.3, -0.25) is 9.59 Å². The third-order valence-corrected chi connectivity index (χ3v) is 4.95. The van der Waals surface area contributed by atoms with Crippen LogP contribution in [0.15, 0.2) is 70.9 Å². The highest BCUT2D eigenvalue weighted by atomic mass is 16.2. The fraction of sp³-hybridized carbons (Fsp3) is 0.250. The SMILES string of the molecule is CCN(CC)c1ccc(N=C2C=C(NC(=O)c3ccccc3)C(=O)C=C2C)c(C)n1. The van der Waals surface area contributed by atoms with Crippen LogP contribution in [0.5, 0.6) is 0 Å². The number of aromatic nitrogens is 1. The highest BCUT2D eigenvalue weighted by Gasteiger charge is 2.19. The summed E-state index contributed by atoms with van der Waals surface area (Å²) < 4.78 is 0. The Morgan fingerprint density at radius 1 is 1.03 bits per heavy atom. The van der Waals surface area contributed by atoms with Crippen LogP contribution in [-0.4, -0.2) is 35.5 Å². The van der Waals surface area contributed by atoms with Gasteiger partial charge < -0.3 is 10.2 Å². The van der Waals surface area contributed by atoms with Crippen molar-refractivity contribution in [2.75, 3.05) is 18.0 Å². The number of aryl methyl sites for hydroxylation is 1. The van der Waals surface area contributed by atoms with Gasteiger partial charge in [-0.1, -0.05) is 18.2 Å². The zero-order chi connectivity index (χ0) is 21.7. The first-order valence-corrected chi connectivity index (χ1v) is 10.0. The van der Waals surface area contributed by atoms with E-state index in [0.717, 1.165) is 35.9 Å². The minimum atomic E-state index is -0.330. The Labute approximate surface area is 177 Å². The van der Waals surface area contributed by atoms with Crippen LogP contribution >= 0.6 is 0 Å². The number of amides is 1. The Morgan fingerprint density at radius 3 is 2.37 bits per heavy atom. The molecule has 0 aliphatic heterocycles. The van der Waals surface area contributed by atoms with Gasteiger partial charge in [0.2, 0.25) is 5.78 Å². The number of ketones is 1. The van der Waals surface area contributed by atoms with Gasteiger partial charge in [0.15, 0.2) is 0 Å². The molecule has 0 atom stereocenters. The molecule has 1 aromatic carbocycles. The maximum absolute atomic E-state index is 12.4. The van der Waals surface area contributed by atoms with Gasteiger partial charge >= 0.3 is 0 Å². The molecule has 0 unspecified atom stereocenters. The summed E-state index contributed by atoms with van der Waals surface area (Å²) in [6.45, 7) is 9.70. The number of aliphatic imine (C=N–C) groups is 1. The van der Waals surface area contributed by atoms with Crippen molar-refractivity contribution in [1.29, 1.82) is 0 Å². The molecule has 0 radical (unpaired) electrons. The van der Waals surface area contributed by atoms with Crippen LogP contribution in [0.2, 0.25) is 0 Å². The molecule has 0 saturated heterocycles. The minimum absolute atomic E-state index is 0.207. The number of allylic oxidation sites excluding steroid dienone is 3. The third kappa shape index (κ3) is 4.71. The van der Waals surface area contributed by atoms with Gasteiger partial charge in [0.05, 0.1) is 22.8 Å². The van der Waals surface area contributed by atoms with E-state index >= 15 is 0 Å². The number of pyridine rings is 1. The molecule has 1 amide bonds. The lowest BCUT2D eigenvalue weighted by Gasteiger charge is -2.20. The number of benzene rings is 1. The Morgan fingerprint density at radius 2 is 1.73 bits per heavy atom. The van der Waals surface area contributed by atoms with E-state index in [1.807, 2.05) is 32.0 Å². The standard InChI is InChI=1S/C24H26N4O2/c1-5-28(6-2)23-13-12-19(17(4)25-23)26-20-15-21(22(29)14-16(20)3)27-24(30)18-10-8-7-9-11-18/h7-15H,5-6H2,1-4H3,(H,27,30). The highest BCUT2D eigenvalue weighted by molar-refractivity contribution is 6.23. The summed E-state index contributed by atoms with van der Waals surface area (Å²) in [4.78, 5) is 36.4. The summed E-state index contributed by atoms with van der Waals surface area (Å²) in [7, 11) is 0. The lowest BCUT2D eigenvalue weighted by molar-refractivity contribution is -0.111. The Bertz CT molecular complexity index is 1050. The normalized spacial score (nSPS) is 14.9. The molecule has 6 heteroatoms. The van der Waals surface area contributed by atoms with Crippen molar-refractivity contribution in [2.45, 2.75) is 27.7 Å². The molecule has 1 aromatic heterocycles. The van der Waals surface area contributed by atoms with Crippen LogP contribution in [0.4, 0.5) is 11.5 Å². The molecule has 0 bridgehead atoms. The van der Waals surface area contributed by atoms with Crippen molar-refractivity contribution in [3.8, 4) is 0 Å². The number of hydrogen-bond acceptors (Lipinski definition) is 5. The third-order valence-electron chi connectivity index (χ3n) is 4.95. The molecule has 0 saturated carbocycles. The van der Waals surface area contributed by atoms with Crippen LogP contribution in [0.25, 0.3) is 0 Å². The van der Waals surface area contributed by atoms with Crippen molar-refractivity contribution in [2.24, 2.45) is 4.99 Å². The van der Waals surface area contributed by atoms with E-state index in [4.69, 9.17) is 4.99 Å². The molecular formula is C24H26N4O2. The monoisotopic (exact) mass is 402 g/mol. The van der Waals surface area contributed by atoms with Gasteiger partial charge in [0.1, 0.15) is 5.82 Å². The van der Waals surface area contributed by atoms with E-state index < -0.39 is 0 Å². The molecule has 6 nitrogen and oxygen atoms in total. The van der Waals surface area contributed by atoms with E-state index in [1.165, 1.54) is 6.08 Å². The average molecular weight is 402 g/mol. The number of rotatable bonds is 6. The van der Waals surface area contributed by atoms with Gasteiger partial charge in [0, 0.05) is 18.7 Å². The van der Waals surface area contributed by atoms with E-state index in [2.05, 4.69) is 29.0 Å². The average Bonchev–Trinajstić information content (AvgIpc) is 2.74. The van der Waals surface area contributed by atoms with Gasteiger partial charge in [-0.2, -0.15) is 0 Å². The number of nitrogens with one attached hydrogen (secondary N) is 1. The lowest BCUT2D eigenvalue weighted by Crippen LogP contribution is -2.29. The van der Waals surface area contributed by atoms with Crippen LogP contribution in [0.1, 0.15) is 36.8 Å². The second kappa shape index (κ2) is 9.31. The van der Waals surface area contributed by atoms with E-state index in [9.17, 15) is 9.59 Å². The largest absolute Gasteiger partial charge is 0.357 e. The molecule has 1 aliphatic carbocycles. The first-order valence-electron chi connectivity index (χ1n) is 10.0. The maximum Gasteiger partial charge on any atom is 0.255 e. The Kier molecular flexibility index (Phi) is 6.57. The fourth-order valence-electron chi connectivity index (χ4n) is 3.18. The van der Waals surface area contributed by atoms with Crippen molar-refractivity contribution in [1.82, 2.24) is 10.3 Å². The van der Waals surface area contributed by atoms with E-state index in [0.29, 0.717) is 11.3 Å². The summed E-state index contributed by atoms with van der Waals surface area (Å²) in [6, 6.07) is 12.7. The molecular weight excluding hydrogens is 376 g/mol. The predicted octanol–water partition coefficient (Wildman–Crippen LogP) is 4.15. The topological polar surface area (TPSA) is 74.7 Å². The van der Waals surface area contributed by atoms with Gasteiger partial charge in [-0.25, -0.2) is 9.98 Å². The second-order valence-electron chi connectivity index (χ2n) is 7.01. The summed E-state index contributed by atoms with van der Waals surface area (Å²) in [5.41, 5.74) is 3.60. The summed E-state index contributed by atoms with van der Waals surface area (Å²) >= 11 is 0. The fourth-order valence-corrected chi connectivity index (χ4v) is 3.18. The molecule has 2 aromatic rings. The van der Waals surface area contributed by atoms with Gasteiger partial charge in [0.25, 0.3) is 5.91 Å². The molecule has 154 valence electrons. The molecule has 3 rings (SSSR count). The Hall–Kier alpha value is -3.54. The minimum Gasteiger partial charge on any atom is -0.357 e. The predicted molar refractivity (Wildman–Crippen MR) is 120 cm³/mol. The van der Waals surface area contributed by atoms with Crippen LogP contribution in [-0.2, 0) is 4.79 Å². The van der Waals surface area contributed by atoms with Crippen LogP contribution < -0.4 is 10.2 Å². The van der Waals surface area contributed by atoms with Gasteiger partial charge in [-0.15, -0.1) is 0 Å². The quantitative estimate of drug-likeness (QED) is 0.737. The number of hydrogen-bond donors (Lipinski definition) is 1. The number of carbonyl (C=O) groups excluding carboxylic acids is 2. The molecule has 1 heterocycles. The van der Waals surface area contributed by atoms with Crippen molar-refractivity contribution < 1.29 is 9.59 Å². The molecule has 1 N–H and O–H groups in total. The smallest absolute Gasteiger partial charge is 0.255 e. The van der Waals surface area contributed by atoms with Crippen LogP contribution in [0.3, 0.4) is 0 Å². The summed E-state index contributed by atoms with van der Waals surface area (Å²) in [5.74, 6) is 0.338. The summed E-state index contributed by atoms with van der Waals surface area (Å²) in [5, 5.41) is 2.70. The first-order chi connectivity index (χ1) is 14.4.